The first-order chi connectivity index (χ1) is 15.6. The maximum absolute atomic E-state index is 6.51. The number of nitrogens with one attached hydrogen (secondary N) is 1. The van der Waals surface area contributed by atoms with Crippen molar-refractivity contribution in [2.75, 3.05) is 11.1 Å². The van der Waals surface area contributed by atoms with Crippen LogP contribution in [0, 0.1) is 6.92 Å². The third-order valence-corrected chi connectivity index (χ3v) is 7.03. The molecule has 3 heterocycles. The highest BCUT2D eigenvalue weighted by molar-refractivity contribution is 7.98. The Labute approximate surface area is 196 Å². The number of para-hydroxylation sites is 1. The molecule has 0 bridgehead atoms. The molecule has 0 spiro atoms. The maximum atomic E-state index is 6.51. The molecule has 0 fully saturated rings. The van der Waals surface area contributed by atoms with E-state index in [9.17, 15) is 0 Å². The summed E-state index contributed by atoms with van der Waals surface area (Å²) in [5.74, 6) is 1.78. The summed E-state index contributed by atoms with van der Waals surface area (Å²) in [6, 6.07) is 15.7. The van der Waals surface area contributed by atoms with E-state index >= 15 is 0 Å². The number of hydrogen-bond acceptors (Lipinski definition) is 10. The van der Waals surface area contributed by atoms with Gasteiger partial charge in [-0.25, -0.2) is 0 Å². The van der Waals surface area contributed by atoms with Crippen LogP contribution in [0.1, 0.15) is 11.4 Å². The first kappa shape index (κ1) is 20.7. The van der Waals surface area contributed by atoms with E-state index in [0.717, 1.165) is 26.2 Å². The Hall–Kier alpha value is -3.21. The van der Waals surface area contributed by atoms with E-state index in [1.54, 1.807) is 0 Å². The number of halogens is 1. The number of aromatic nitrogens is 5. The van der Waals surface area contributed by atoms with Gasteiger partial charge in [-0.15, -0.1) is 21.5 Å². The van der Waals surface area contributed by atoms with Gasteiger partial charge in [0.25, 0.3) is 11.1 Å². The van der Waals surface area contributed by atoms with Gasteiger partial charge in [-0.1, -0.05) is 59.8 Å². The Kier molecular flexibility index (Phi) is 5.64. The number of thiophene rings is 1. The molecule has 0 aliphatic heterocycles. The third kappa shape index (κ3) is 4.24. The zero-order valence-electron chi connectivity index (χ0n) is 16.7. The fourth-order valence-corrected chi connectivity index (χ4v) is 5.08. The van der Waals surface area contributed by atoms with Crippen LogP contribution in [0.4, 0.5) is 17.6 Å². The van der Waals surface area contributed by atoms with Gasteiger partial charge in [0.05, 0.1) is 10.8 Å². The Morgan fingerprint density at radius 3 is 2.72 bits per heavy atom. The van der Waals surface area contributed by atoms with Crippen molar-refractivity contribution in [2.24, 2.45) is 0 Å². The van der Waals surface area contributed by atoms with E-state index < -0.39 is 0 Å². The van der Waals surface area contributed by atoms with Gasteiger partial charge in [-0.3, -0.25) is 0 Å². The summed E-state index contributed by atoms with van der Waals surface area (Å²) in [6.45, 7) is 2.00. The Bertz CT molecular complexity index is 1420. The molecule has 0 radical (unpaired) electrons. The number of thioether (sulfide) groups is 1. The molecule has 0 aliphatic carbocycles. The number of anilines is 3. The minimum atomic E-state index is 0.134. The summed E-state index contributed by atoms with van der Waals surface area (Å²) < 4.78 is 6.89. The molecule has 8 nitrogen and oxygen atoms in total. The van der Waals surface area contributed by atoms with Gasteiger partial charge in [0, 0.05) is 15.8 Å². The predicted octanol–water partition coefficient (Wildman–Crippen LogP) is 5.72. The van der Waals surface area contributed by atoms with Crippen LogP contribution in [0.5, 0.6) is 0 Å². The van der Waals surface area contributed by atoms with Crippen molar-refractivity contribution < 1.29 is 4.42 Å². The molecule has 3 aromatic heterocycles. The van der Waals surface area contributed by atoms with Crippen molar-refractivity contribution in [1.29, 1.82) is 0 Å². The highest BCUT2D eigenvalue weighted by Gasteiger charge is 2.18. The maximum Gasteiger partial charge on any atom is 0.277 e. The predicted molar refractivity (Wildman–Crippen MR) is 128 cm³/mol. The molecule has 5 rings (SSSR count). The first-order valence-electron chi connectivity index (χ1n) is 9.53. The largest absolute Gasteiger partial charge is 0.410 e. The number of rotatable bonds is 6. The molecule has 11 heteroatoms. The van der Waals surface area contributed by atoms with E-state index in [1.807, 2.05) is 55.5 Å². The van der Waals surface area contributed by atoms with E-state index in [-0.39, 0.29) is 5.95 Å². The Morgan fingerprint density at radius 1 is 1.06 bits per heavy atom. The molecule has 2 aromatic carbocycles. The van der Waals surface area contributed by atoms with Crippen molar-refractivity contribution >= 4 is 62.4 Å². The van der Waals surface area contributed by atoms with E-state index in [0.29, 0.717) is 33.7 Å². The zero-order valence-corrected chi connectivity index (χ0v) is 19.1. The zero-order chi connectivity index (χ0) is 22.1. The van der Waals surface area contributed by atoms with Crippen LogP contribution < -0.4 is 11.1 Å². The number of benzene rings is 2. The lowest BCUT2D eigenvalue weighted by Crippen LogP contribution is -2.07. The van der Waals surface area contributed by atoms with Gasteiger partial charge >= 0.3 is 0 Å². The summed E-state index contributed by atoms with van der Waals surface area (Å²) in [4.78, 5) is 13.6. The van der Waals surface area contributed by atoms with Crippen molar-refractivity contribution in [3.05, 3.63) is 64.9 Å². The fraction of sp³-hybridized carbons (Fsp3) is 0.0952. The van der Waals surface area contributed by atoms with Crippen LogP contribution in [0.3, 0.4) is 0 Å². The summed E-state index contributed by atoms with van der Waals surface area (Å²) >= 11 is 9.34. The Balaban J connectivity index is 1.32. The minimum Gasteiger partial charge on any atom is -0.410 e. The molecule has 0 amide bonds. The first-order valence-corrected chi connectivity index (χ1v) is 11.7. The lowest BCUT2D eigenvalue weighted by atomic mass is 10.2. The summed E-state index contributed by atoms with van der Waals surface area (Å²) in [5, 5.41) is 13.4. The van der Waals surface area contributed by atoms with Gasteiger partial charge in [-0.05, 0) is 24.6 Å². The van der Waals surface area contributed by atoms with E-state index in [4.69, 9.17) is 21.8 Å². The van der Waals surface area contributed by atoms with Gasteiger partial charge in [0.1, 0.15) is 10.7 Å². The van der Waals surface area contributed by atoms with E-state index in [1.165, 1.54) is 23.1 Å². The number of nitrogens with two attached hydrogens (primary N) is 1. The lowest BCUT2D eigenvalue weighted by molar-refractivity contribution is 0.466. The number of nitrogen functional groups attached to an aromatic ring is 1. The molecular weight excluding hydrogens is 466 g/mol. The second-order valence-electron chi connectivity index (χ2n) is 6.78. The monoisotopic (exact) mass is 481 g/mol. The third-order valence-electron chi connectivity index (χ3n) is 4.55. The van der Waals surface area contributed by atoms with Crippen molar-refractivity contribution in [3.8, 4) is 10.8 Å². The molecule has 3 N–H and O–H groups in total. The second kappa shape index (κ2) is 8.73. The van der Waals surface area contributed by atoms with Crippen molar-refractivity contribution in [2.45, 2.75) is 17.9 Å². The van der Waals surface area contributed by atoms with Gasteiger partial charge in [0.2, 0.25) is 11.9 Å². The molecule has 0 atom stereocenters. The molecular formula is C21H16ClN7OS2. The number of nitrogens with zero attached hydrogens (tertiary/aromatic N) is 5. The van der Waals surface area contributed by atoms with Crippen molar-refractivity contribution in [1.82, 2.24) is 25.1 Å². The van der Waals surface area contributed by atoms with Gasteiger partial charge in [0.15, 0.2) is 0 Å². The normalized spacial score (nSPS) is 11.2. The standard InChI is InChI=1S/C21H16ClN7OS2/c1-11-6-2-4-8-13(11)24-20-26-15(25-19(23)27-20)10-31-21-29-28-18(30-21)17-16(22)12-7-3-5-9-14(12)32-17/h2-9H,10H2,1H3,(H3,23,24,25,26,27). The molecule has 32 heavy (non-hydrogen) atoms. The molecule has 5 aromatic rings. The summed E-state index contributed by atoms with van der Waals surface area (Å²) in [5.41, 5.74) is 7.85. The van der Waals surface area contributed by atoms with Crippen LogP contribution in [-0.4, -0.2) is 25.1 Å². The number of aryl methyl sites for hydroxylation is 1. The Morgan fingerprint density at radius 2 is 1.88 bits per heavy atom. The molecule has 0 saturated carbocycles. The average Bonchev–Trinajstić information content (AvgIpc) is 3.38. The molecule has 160 valence electrons. The summed E-state index contributed by atoms with van der Waals surface area (Å²) in [7, 11) is 0. The second-order valence-corrected chi connectivity index (χ2v) is 9.13. The van der Waals surface area contributed by atoms with Crippen LogP contribution >= 0.6 is 34.7 Å². The highest BCUT2D eigenvalue weighted by atomic mass is 35.5. The minimum absolute atomic E-state index is 0.134. The highest BCUT2D eigenvalue weighted by Crippen LogP contribution is 2.41. The molecule has 0 saturated heterocycles. The number of hydrogen-bond donors (Lipinski definition) is 2. The summed E-state index contributed by atoms with van der Waals surface area (Å²) in [6.07, 6.45) is 0. The SMILES string of the molecule is Cc1ccccc1Nc1nc(N)nc(CSc2nnc(-c3sc4ccccc4c3Cl)o2)n1. The van der Waals surface area contributed by atoms with Crippen LogP contribution in [0.25, 0.3) is 20.9 Å². The quantitative estimate of drug-likeness (QED) is 0.294. The van der Waals surface area contributed by atoms with Gasteiger partial charge in [-0.2, -0.15) is 15.0 Å². The average molecular weight is 482 g/mol. The van der Waals surface area contributed by atoms with Gasteiger partial charge < -0.3 is 15.5 Å². The fourth-order valence-electron chi connectivity index (χ4n) is 3.03. The molecule has 0 aliphatic rings. The van der Waals surface area contributed by atoms with E-state index in [2.05, 4.69) is 30.5 Å². The topological polar surface area (TPSA) is 116 Å². The van der Waals surface area contributed by atoms with Crippen LogP contribution in [-0.2, 0) is 5.75 Å². The number of fused-ring (bicyclic) bond motifs is 1. The smallest absolute Gasteiger partial charge is 0.277 e. The molecule has 0 unspecified atom stereocenters. The van der Waals surface area contributed by atoms with Crippen LogP contribution in [0.15, 0.2) is 58.2 Å². The van der Waals surface area contributed by atoms with Crippen molar-refractivity contribution in [3.63, 3.8) is 0 Å². The van der Waals surface area contributed by atoms with Crippen LogP contribution in [0.2, 0.25) is 5.02 Å². The lowest BCUT2D eigenvalue weighted by Gasteiger charge is -2.09.